The zero-order valence-electron chi connectivity index (χ0n) is 15.6. The highest BCUT2D eigenvalue weighted by Gasteiger charge is 2.11. The molecule has 0 unspecified atom stereocenters. The third kappa shape index (κ3) is 4.79. The predicted octanol–water partition coefficient (Wildman–Crippen LogP) is 5.27. The van der Waals surface area contributed by atoms with E-state index >= 15 is 0 Å². The molecule has 0 saturated carbocycles. The van der Waals surface area contributed by atoms with Crippen LogP contribution in [0.5, 0.6) is 11.5 Å². The first-order chi connectivity index (χ1) is 12.5. The van der Waals surface area contributed by atoms with Gasteiger partial charge in [-0.2, -0.15) is 0 Å². The quantitative estimate of drug-likeness (QED) is 0.672. The highest BCUT2D eigenvalue weighted by Crippen LogP contribution is 2.36. The number of amides is 1. The predicted molar refractivity (Wildman–Crippen MR) is 107 cm³/mol. The fraction of sp³-hybridized carbons (Fsp3) is 0.286. The molecule has 0 atom stereocenters. The Labute approximate surface area is 159 Å². The zero-order valence-corrected chi connectivity index (χ0v) is 16.3. The topological polar surface area (TPSA) is 47.6 Å². The Morgan fingerprint density at radius 1 is 1.27 bits per heavy atom. The molecule has 0 aromatic heterocycles. The first kappa shape index (κ1) is 19.9. The lowest BCUT2D eigenvalue weighted by Crippen LogP contribution is -2.11. The molecule has 0 aliphatic rings. The van der Waals surface area contributed by atoms with Crippen molar-refractivity contribution in [2.24, 2.45) is 0 Å². The van der Waals surface area contributed by atoms with E-state index in [0.29, 0.717) is 23.1 Å². The summed E-state index contributed by atoms with van der Waals surface area (Å²) in [7, 11) is 1.54. The Hall–Kier alpha value is -2.46. The van der Waals surface area contributed by atoms with Crippen LogP contribution in [0.1, 0.15) is 30.5 Å². The molecular weight excluding hydrogens is 350 g/mol. The third-order valence-corrected chi connectivity index (χ3v) is 4.23. The van der Waals surface area contributed by atoms with Gasteiger partial charge in [-0.15, -0.1) is 0 Å². The van der Waals surface area contributed by atoms with E-state index in [1.165, 1.54) is 6.08 Å². The number of carbonyl (C=O) groups is 1. The van der Waals surface area contributed by atoms with Crippen LogP contribution in [-0.2, 0) is 11.2 Å². The van der Waals surface area contributed by atoms with Gasteiger partial charge in [0.25, 0.3) is 0 Å². The number of benzene rings is 2. The Balaban J connectivity index is 2.21. The second kappa shape index (κ2) is 9.30. The van der Waals surface area contributed by atoms with Crippen LogP contribution in [0.4, 0.5) is 5.69 Å². The van der Waals surface area contributed by atoms with Gasteiger partial charge in [-0.05, 0) is 55.2 Å². The average molecular weight is 374 g/mol. The number of halogens is 1. The van der Waals surface area contributed by atoms with Gasteiger partial charge in [-0.1, -0.05) is 36.7 Å². The molecule has 0 aliphatic heterocycles. The number of ether oxygens (including phenoxy) is 2. The van der Waals surface area contributed by atoms with Crippen LogP contribution in [0.15, 0.2) is 36.4 Å². The van der Waals surface area contributed by atoms with Crippen LogP contribution in [0.2, 0.25) is 5.02 Å². The molecule has 0 aliphatic carbocycles. The van der Waals surface area contributed by atoms with Gasteiger partial charge in [-0.25, -0.2) is 0 Å². The lowest BCUT2D eigenvalue weighted by Gasteiger charge is -2.12. The zero-order chi connectivity index (χ0) is 19.1. The summed E-state index contributed by atoms with van der Waals surface area (Å²) in [6, 6.07) is 9.52. The summed E-state index contributed by atoms with van der Waals surface area (Å²) in [5, 5.41) is 3.40. The highest BCUT2D eigenvalue weighted by molar-refractivity contribution is 6.32. The summed E-state index contributed by atoms with van der Waals surface area (Å²) in [5.74, 6) is 0.844. The third-order valence-electron chi connectivity index (χ3n) is 3.95. The highest BCUT2D eigenvalue weighted by atomic mass is 35.5. The van der Waals surface area contributed by atoms with Crippen LogP contribution < -0.4 is 14.8 Å². The number of methoxy groups -OCH3 is 1. The van der Waals surface area contributed by atoms with Crippen LogP contribution in [0.25, 0.3) is 6.08 Å². The first-order valence-electron chi connectivity index (χ1n) is 8.58. The Morgan fingerprint density at radius 2 is 2.04 bits per heavy atom. The summed E-state index contributed by atoms with van der Waals surface area (Å²) < 4.78 is 10.8. The van der Waals surface area contributed by atoms with Crippen molar-refractivity contribution in [3.05, 3.63) is 58.1 Å². The molecule has 0 heterocycles. The van der Waals surface area contributed by atoms with Gasteiger partial charge in [0.15, 0.2) is 11.5 Å². The molecule has 138 valence electrons. The molecule has 0 spiro atoms. The number of carbonyl (C=O) groups excluding carboxylic acids is 1. The molecule has 2 rings (SSSR count). The van der Waals surface area contributed by atoms with Crippen molar-refractivity contribution in [2.75, 3.05) is 19.0 Å². The number of aryl methyl sites for hydroxylation is 2. The number of hydrogen-bond donors (Lipinski definition) is 1. The number of nitrogens with one attached hydrogen (secondary N) is 1. The molecule has 2 aromatic carbocycles. The maximum Gasteiger partial charge on any atom is 0.248 e. The second-order valence-corrected chi connectivity index (χ2v) is 6.16. The van der Waals surface area contributed by atoms with E-state index in [9.17, 15) is 4.79 Å². The second-order valence-electron chi connectivity index (χ2n) is 5.75. The van der Waals surface area contributed by atoms with Gasteiger partial charge in [0, 0.05) is 11.8 Å². The van der Waals surface area contributed by atoms with Crippen molar-refractivity contribution in [3.8, 4) is 11.5 Å². The summed E-state index contributed by atoms with van der Waals surface area (Å²) in [4.78, 5) is 12.3. The van der Waals surface area contributed by atoms with Crippen molar-refractivity contribution in [1.82, 2.24) is 0 Å². The van der Waals surface area contributed by atoms with Crippen LogP contribution in [0, 0.1) is 6.92 Å². The first-order valence-corrected chi connectivity index (χ1v) is 8.95. The van der Waals surface area contributed by atoms with Crippen LogP contribution in [0.3, 0.4) is 0 Å². The van der Waals surface area contributed by atoms with Gasteiger partial charge in [0.2, 0.25) is 5.91 Å². The van der Waals surface area contributed by atoms with Gasteiger partial charge >= 0.3 is 0 Å². The smallest absolute Gasteiger partial charge is 0.248 e. The summed E-state index contributed by atoms with van der Waals surface area (Å²) in [6.07, 6.45) is 4.04. The SMILES string of the molecule is CCOc1cc(/C=C/C(=O)Nc2c(C)cccc2CC)cc(Cl)c1OC. The van der Waals surface area contributed by atoms with Gasteiger partial charge in [0.05, 0.1) is 18.7 Å². The van der Waals surface area contributed by atoms with Crippen LogP contribution in [-0.4, -0.2) is 19.6 Å². The number of hydrogen-bond acceptors (Lipinski definition) is 3. The van der Waals surface area contributed by atoms with Gasteiger partial charge in [0.1, 0.15) is 0 Å². The Bertz CT molecular complexity index is 815. The number of rotatable bonds is 7. The molecule has 1 amide bonds. The molecule has 0 bridgehead atoms. The van der Waals surface area contributed by atoms with E-state index in [-0.39, 0.29) is 5.91 Å². The van der Waals surface area contributed by atoms with E-state index in [4.69, 9.17) is 21.1 Å². The summed E-state index contributed by atoms with van der Waals surface area (Å²) in [6.45, 7) is 6.43. The minimum atomic E-state index is -0.195. The van der Waals surface area contributed by atoms with E-state index in [1.807, 2.05) is 32.0 Å². The Kier molecular flexibility index (Phi) is 7.10. The molecular formula is C21H24ClNO3. The normalized spacial score (nSPS) is 10.8. The van der Waals surface area contributed by atoms with Gasteiger partial charge in [-0.3, -0.25) is 4.79 Å². The minimum Gasteiger partial charge on any atom is -0.491 e. The fourth-order valence-corrected chi connectivity index (χ4v) is 2.98. The summed E-state index contributed by atoms with van der Waals surface area (Å²) >= 11 is 6.24. The van der Waals surface area contributed by atoms with Crippen molar-refractivity contribution < 1.29 is 14.3 Å². The molecule has 0 saturated heterocycles. The number of anilines is 1. The largest absolute Gasteiger partial charge is 0.491 e. The maximum atomic E-state index is 12.3. The maximum absolute atomic E-state index is 12.3. The van der Waals surface area contributed by atoms with Crippen molar-refractivity contribution in [3.63, 3.8) is 0 Å². The van der Waals surface area contributed by atoms with Crippen molar-refractivity contribution in [1.29, 1.82) is 0 Å². The fourth-order valence-electron chi connectivity index (χ4n) is 2.68. The lowest BCUT2D eigenvalue weighted by molar-refractivity contribution is -0.111. The van der Waals surface area contributed by atoms with E-state index in [0.717, 1.165) is 28.8 Å². The molecule has 5 heteroatoms. The molecule has 26 heavy (non-hydrogen) atoms. The Morgan fingerprint density at radius 3 is 2.69 bits per heavy atom. The average Bonchev–Trinajstić information content (AvgIpc) is 2.62. The van der Waals surface area contributed by atoms with Crippen molar-refractivity contribution >= 4 is 29.3 Å². The van der Waals surface area contributed by atoms with Crippen molar-refractivity contribution in [2.45, 2.75) is 27.2 Å². The molecule has 0 radical (unpaired) electrons. The van der Waals surface area contributed by atoms with Crippen LogP contribution >= 0.6 is 11.6 Å². The summed E-state index contributed by atoms with van der Waals surface area (Å²) in [5.41, 5.74) is 3.78. The molecule has 0 fully saturated rings. The standard InChI is InChI=1S/C21H24ClNO3/c1-5-16-9-7-8-14(3)20(16)23-19(24)11-10-15-12-17(22)21(25-4)18(13-15)26-6-2/h7-13H,5-6H2,1-4H3,(H,23,24)/b11-10+. The lowest BCUT2D eigenvalue weighted by atomic mass is 10.1. The molecule has 4 nitrogen and oxygen atoms in total. The van der Waals surface area contributed by atoms with E-state index in [2.05, 4.69) is 12.2 Å². The van der Waals surface area contributed by atoms with Gasteiger partial charge < -0.3 is 14.8 Å². The van der Waals surface area contributed by atoms with E-state index in [1.54, 1.807) is 25.3 Å². The number of para-hydroxylation sites is 1. The minimum absolute atomic E-state index is 0.195. The monoisotopic (exact) mass is 373 g/mol. The van der Waals surface area contributed by atoms with E-state index < -0.39 is 0 Å². The molecule has 1 N–H and O–H groups in total. The molecule has 2 aromatic rings.